The molecule has 2 heteroatoms. The van der Waals surface area contributed by atoms with Crippen molar-refractivity contribution in [2.24, 2.45) is 0 Å². The minimum Gasteiger partial charge on any atom is -0.345 e. The highest BCUT2D eigenvalue weighted by molar-refractivity contribution is 5.53. The third-order valence-corrected chi connectivity index (χ3v) is 2.95. The van der Waals surface area contributed by atoms with Gasteiger partial charge in [0.2, 0.25) is 0 Å². The van der Waals surface area contributed by atoms with Gasteiger partial charge in [0.1, 0.15) is 6.10 Å². The van der Waals surface area contributed by atoms with E-state index in [1.807, 2.05) is 32.0 Å². The van der Waals surface area contributed by atoms with Crippen LogP contribution in [0.5, 0.6) is 0 Å². The molecule has 2 rings (SSSR count). The predicted molar refractivity (Wildman–Crippen MR) is 69.6 cm³/mol. The van der Waals surface area contributed by atoms with Crippen molar-refractivity contribution in [2.45, 2.75) is 45.7 Å². The molecule has 0 aromatic heterocycles. The van der Waals surface area contributed by atoms with Gasteiger partial charge < -0.3 is 9.47 Å². The molecule has 1 aliphatic heterocycles. The van der Waals surface area contributed by atoms with Crippen LogP contribution in [0.2, 0.25) is 0 Å². The molecule has 1 aromatic rings. The van der Waals surface area contributed by atoms with Crippen LogP contribution in [-0.2, 0) is 9.47 Å². The summed E-state index contributed by atoms with van der Waals surface area (Å²) in [5, 5.41) is 0. The first-order chi connectivity index (χ1) is 7.98. The summed E-state index contributed by atoms with van der Waals surface area (Å²) in [5.74, 6) is -0.476. The maximum absolute atomic E-state index is 5.90. The van der Waals surface area contributed by atoms with Crippen LogP contribution < -0.4 is 0 Å². The van der Waals surface area contributed by atoms with Gasteiger partial charge in [-0.25, -0.2) is 0 Å². The van der Waals surface area contributed by atoms with Crippen molar-refractivity contribution in [1.29, 1.82) is 0 Å². The lowest BCUT2D eigenvalue weighted by Crippen LogP contribution is -2.22. The molecule has 0 unspecified atom stereocenters. The van der Waals surface area contributed by atoms with Crippen LogP contribution >= 0.6 is 0 Å². The second kappa shape index (κ2) is 4.63. The van der Waals surface area contributed by atoms with Gasteiger partial charge >= 0.3 is 0 Å². The van der Waals surface area contributed by atoms with E-state index in [0.29, 0.717) is 0 Å². The molecule has 0 radical (unpaired) electrons. The Hall–Kier alpha value is -1.12. The Labute approximate surface area is 103 Å². The molecule has 1 aromatic carbocycles. The van der Waals surface area contributed by atoms with E-state index in [-0.39, 0.29) is 12.2 Å². The fourth-order valence-electron chi connectivity index (χ4n) is 2.30. The van der Waals surface area contributed by atoms with Crippen LogP contribution in [0.4, 0.5) is 0 Å². The Morgan fingerprint density at radius 3 is 2.35 bits per heavy atom. The Kier molecular flexibility index (Phi) is 3.36. The zero-order valence-electron chi connectivity index (χ0n) is 10.9. The minimum absolute atomic E-state index is 0.0465. The minimum atomic E-state index is -0.476. The number of benzene rings is 1. The van der Waals surface area contributed by atoms with E-state index in [1.165, 1.54) is 11.1 Å². The lowest BCUT2D eigenvalue weighted by atomic mass is 10.0. The fourth-order valence-corrected chi connectivity index (χ4v) is 2.30. The standard InChI is InChI=1S/C15H20O2/c1-11(10-13-8-6-5-7-9-13)14-12(2)16-15(3,4)17-14/h5-10,12,14H,1-4H3/b11-10+/t12-,14+/m0/s1. The largest absolute Gasteiger partial charge is 0.345 e. The Morgan fingerprint density at radius 2 is 1.82 bits per heavy atom. The summed E-state index contributed by atoms with van der Waals surface area (Å²) >= 11 is 0. The molecule has 1 fully saturated rings. The molecule has 0 aliphatic carbocycles. The first-order valence-electron chi connectivity index (χ1n) is 6.07. The van der Waals surface area contributed by atoms with Crippen molar-refractivity contribution in [3.8, 4) is 0 Å². The van der Waals surface area contributed by atoms with Gasteiger partial charge in [-0.05, 0) is 38.8 Å². The molecule has 1 aliphatic rings. The summed E-state index contributed by atoms with van der Waals surface area (Å²) in [5.41, 5.74) is 2.40. The highest BCUT2D eigenvalue weighted by atomic mass is 16.7. The van der Waals surface area contributed by atoms with Crippen LogP contribution in [0.25, 0.3) is 6.08 Å². The summed E-state index contributed by atoms with van der Waals surface area (Å²) < 4.78 is 11.7. The second-order valence-corrected chi connectivity index (χ2v) is 5.06. The molecule has 2 nitrogen and oxygen atoms in total. The van der Waals surface area contributed by atoms with Gasteiger partial charge in [-0.1, -0.05) is 36.4 Å². The SMILES string of the molecule is C/C(=C\c1ccccc1)[C@H]1OC(C)(C)O[C@H]1C. The van der Waals surface area contributed by atoms with Gasteiger partial charge in [0.05, 0.1) is 6.10 Å². The molecule has 2 atom stereocenters. The molecule has 0 N–H and O–H groups in total. The first kappa shape index (κ1) is 12.3. The maximum atomic E-state index is 5.90. The molecule has 17 heavy (non-hydrogen) atoms. The molecule has 0 saturated carbocycles. The summed E-state index contributed by atoms with van der Waals surface area (Å²) in [4.78, 5) is 0. The van der Waals surface area contributed by atoms with Gasteiger partial charge in [-0.15, -0.1) is 0 Å². The van der Waals surface area contributed by atoms with E-state index in [9.17, 15) is 0 Å². The van der Waals surface area contributed by atoms with Crippen molar-refractivity contribution in [3.05, 3.63) is 41.5 Å². The Morgan fingerprint density at radius 1 is 1.18 bits per heavy atom. The molecular weight excluding hydrogens is 212 g/mol. The molecule has 0 spiro atoms. The van der Waals surface area contributed by atoms with Crippen molar-refractivity contribution in [2.75, 3.05) is 0 Å². The van der Waals surface area contributed by atoms with E-state index >= 15 is 0 Å². The van der Waals surface area contributed by atoms with E-state index < -0.39 is 5.79 Å². The average Bonchev–Trinajstić information content (AvgIpc) is 2.54. The first-order valence-corrected chi connectivity index (χ1v) is 6.07. The van der Waals surface area contributed by atoms with Crippen molar-refractivity contribution < 1.29 is 9.47 Å². The quantitative estimate of drug-likeness (QED) is 0.775. The summed E-state index contributed by atoms with van der Waals surface area (Å²) in [7, 11) is 0. The zero-order chi connectivity index (χ0) is 12.5. The normalized spacial score (nSPS) is 28.4. The molecule has 0 amide bonds. The Balaban J connectivity index is 2.16. The topological polar surface area (TPSA) is 18.5 Å². The highest BCUT2D eigenvalue weighted by Gasteiger charge is 2.39. The van der Waals surface area contributed by atoms with Gasteiger partial charge in [0.25, 0.3) is 0 Å². The van der Waals surface area contributed by atoms with Gasteiger partial charge in [0.15, 0.2) is 5.79 Å². The third kappa shape index (κ3) is 2.96. The maximum Gasteiger partial charge on any atom is 0.164 e. The van der Waals surface area contributed by atoms with Crippen molar-refractivity contribution in [1.82, 2.24) is 0 Å². The predicted octanol–water partition coefficient (Wildman–Crippen LogP) is 3.63. The summed E-state index contributed by atoms with van der Waals surface area (Å²) in [6.07, 6.45) is 2.31. The summed E-state index contributed by atoms with van der Waals surface area (Å²) in [6, 6.07) is 10.3. The van der Waals surface area contributed by atoms with Crippen LogP contribution in [-0.4, -0.2) is 18.0 Å². The van der Waals surface area contributed by atoms with Crippen molar-refractivity contribution in [3.63, 3.8) is 0 Å². The average molecular weight is 232 g/mol. The lowest BCUT2D eigenvalue weighted by molar-refractivity contribution is -0.142. The summed E-state index contributed by atoms with van der Waals surface area (Å²) in [6.45, 7) is 8.07. The van der Waals surface area contributed by atoms with Gasteiger partial charge in [0, 0.05) is 0 Å². The number of hydrogen-bond donors (Lipinski definition) is 0. The second-order valence-electron chi connectivity index (χ2n) is 5.06. The number of rotatable bonds is 2. The number of hydrogen-bond acceptors (Lipinski definition) is 2. The number of ether oxygens (including phenoxy) is 2. The monoisotopic (exact) mass is 232 g/mol. The molecule has 92 valence electrons. The van der Waals surface area contributed by atoms with Crippen LogP contribution in [0.3, 0.4) is 0 Å². The molecule has 1 saturated heterocycles. The van der Waals surface area contributed by atoms with E-state index in [4.69, 9.17) is 9.47 Å². The van der Waals surface area contributed by atoms with Crippen LogP contribution in [0.15, 0.2) is 35.9 Å². The fraction of sp³-hybridized carbons (Fsp3) is 0.467. The Bertz CT molecular complexity index is 406. The van der Waals surface area contributed by atoms with Gasteiger partial charge in [-0.2, -0.15) is 0 Å². The smallest absolute Gasteiger partial charge is 0.164 e. The van der Waals surface area contributed by atoms with Crippen molar-refractivity contribution >= 4 is 6.08 Å². The van der Waals surface area contributed by atoms with E-state index in [1.54, 1.807) is 0 Å². The van der Waals surface area contributed by atoms with E-state index in [0.717, 1.165) is 0 Å². The molecule has 0 bridgehead atoms. The van der Waals surface area contributed by atoms with Gasteiger partial charge in [-0.3, -0.25) is 0 Å². The molecular formula is C15H20O2. The highest BCUT2D eigenvalue weighted by Crippen LogP contribution is 2.32. The van der Waals surface area contributed by atoms with Crippen LogP contribution in [0.1, 0.15) is 33.3 Å². The zero-order valence-corrected chi connectivity index (χ0v) is 10.9. The van der Waals surface area contributed by atoms with E-state index in [2.05, 4.69) is 32.1 Å². The lowest BCUT2D eigenvalue weighted by Gasteiger charge is -2.17. The third-order valence-electron chi connectivity index (χ3n) is 2.95. The molecule has 1 heterocycles. The van der Waals surface area contributed by atoms with Crippen LogP contribution in [0, 0.1) is 0 Å².